The monoisotopic (exact) mass is 228 g/mol. The number of hydrogen-bond acceptors (Lipinski definition) is 2. The molecular weight excluding hydrogens is 212 g/mol. The summed E-state index contributed by atoms with van der Waals surface area (Å²) in [5, 5.41) is 0. The van der Waals surface area contributed by atoms with Crippen molar-refractivity contribution in [2.24, 2.45) is 0 Å². The van der Waals surface area contributed by atoms with Crippen molar-refractivity contribution in [2.45, 2.75) is 20.8 Å². The molecule has 0 aliphatic rings. The van der Waals surface area contributed by atoms with Crippen LogP contribution in [0, 0.1) is 23.7 Å². The molecule has 2 nitrogen and oxygen atoms in total. The van der Waals surface area contributed by atoms with Gasteiger partial charge in [-0.3, -0.25) is 0 Å². The van der Waals surface area contributed by atoms with Crippen LogP contribution in [0.5, 0.6) is 0 Å². The molecule has 0 fully saturated rings. The van der Waals surface area contributed by atoms with Gasteiger partial charge in [0.25, 0.3) is 0 Å². The second kappa shape index (κ2) is 10.3. The molecule has 0 saturated carbocycles. The lowest BCUT2D eigenvalue weighted by Crippen LogP contribution is -2.00. The first kappa shape index (κ1) is 14.8. The molecule has 0 spiro atoms. The molecule has 0 aromatic rings. The maximum atomic E-state index is 11.1. The van der Waals surface area contributed by atoms with Gasteiger partial charge in [0.2, 0.25) is 0 Å². The van der Waals surface area contributed by atoms with Crippen molar-refractivity contribution in [3.8, 4) is 23.7 Å². The molecule has 88 valence electrons. The molecule has 0 radical (unpaired) electrons. The van der Waals surface area contributed by atoms with E-state index < -0.39 is 0 Å². The normalized spacial score (nSPS) is 9.12. The summed E-state index contributed by atoms with van der Waals surface area (Å²) in [4.78, 5) is 11.1. The Labute approximate surface area is 103 Å². The molecule has 0 unspecified atom stereocenters. The van der Waals surface area contributed by atoms with Gasteiger partial charge < -0.3 is 4.74 Å². The SMILES string of the molecule is C/C=C/C#CC#C/C=C/COC(=O)C=C(C)C. The van der Waals surface area contributed by atoms with Crippen LogP contribution in [0.3, 0.4) is 0 Å². The molecule has 0 heterocycles. The Balaban J connectivity index is 3.88. The fourth-order valence-electron chi connectivity index (χ4n) is 0.753. The Morgan fingerprint density at radius 3 is 2.41 bits per heavy atom. The van der Waals surface area contributed by atoms with Crippen LogP contribution in [-0.2, 0) is 9.53 Å². The van der Waals surface area contributed by atoms with Crippen molar-refractivity contribution in [1.82, 2.24) is 0 Å². The van der Waals surface area contributed by atoms with Gasteiger partial charge in [-0.05, 0) is 50.8 Å². The van der Waals surface area contributed by atoms with E-state index in [-0.39, 0.29) is 12.6 Å². The molecule has 0 atom stereocenters. The van der Waals surface area contributed by atoms with E-state index in [9.17, 15) is 4.79 Å². The van der Waals surface area contributed by atoms with E-state index >= 15 is 0 Å². The minimum absolute atomic E-state index is 0.222. The number of esters is 1. The van der Waals surface area contributed by atoms with Gasteiger partial charge in [-0.25, -0.2) is 4.79 Å². The molecule has 0 aromatic heterocycles. The number of rotatable bonds is 3. The van der Waals surface area contributed by atoms with E-state index in [1.807, 2.05) is 26.8 Å². The Bertz CT molecular complexity index is 439. The van der Waals surface area contributed by atoms with Crippen LogP contribution in [-0.4, -0.2) is 12.6 Å². The van der Waals surface area contributed by atoms with Gasteiger partial charge in [0.1, 0.15) is 6.61 Å². The Kier molecular flexibility index (Phi) is 9.00. The number of ether oxygens (including phenoxy) is 1. The summed E-state index contributed by atoms with van der Waals surface area (Å²) in [6.07, 6.45) is 8.29. The molecule has 0 bridgehead atoms. The van der Waals surface area contributed by atoms with Crippen LogP contribution in [0.4, 0.5) is 0 Å². The van der Waals surface area contributed by atoms with Gasteiger partial charge in [0, 0.05) is 6.08 Å². The van der Waals surface area contributed by atoms with Crippen LogP contribution < -0.4 is 0 Å². The summed E-state index contributed by atoms with van der Waals surface area (Å²) in [6.45, 7) is 5.79. The third kappa shape index (κ3) is 11.7. The Morgan fingerprint density at radius 2 is 1.82 bits per heavy atom. The van der Waals surface area contributed by atoms with Crippen molar-refractivity contribution in [1.29, 1.82) is 0 Å². The Hall–Kier alpha value is -2.19. The predicted molar refractivity (Wildman–Crippen MR) is 69.9 cm³/mol. The molecule has 0 saturated heterocycles. The molecule has 0 rings (SSSR count). The Morgan fingerprint density at radius 1 is 1.18 bits per heavy atom. The van der Waals surface area contributed by atoms with E-state index in [1.54, 1.807) is 18.2 Å². The van der Waals surface area contributed by atoms with Crippen molar-refractivity contribution in [3.05, 3.63) is 36.0 Å². The molecule has 0 N–H and O–H groups in total. The van der Waals surface area contributed by atoms with Crippen LogP contribution >= 0.6 is 0 Å². The predicted octanol–water partition coefficient (Wildman–Crippen LogP) is 2.63. The highest BCUT2D eigenvalue weighted by Crippen LogP contribution is 1.90. The van der Waals surface area contributed by atoms with E-state index in [0.29, 0.717) is 0 Å². The van der Waals surface area contributed by atoms with Gasteiger partial charge in [0.15, 0.2) is 0 Å². The lowest BCUT2D eigenvalue weighted by Gasteiger charge is -1.95. The lowest BCUT2D eigenvalue weighted by molar-refractivity contribution is -0.136. The van der Waals surface area contributed by atoms with Gasteiger partial charge in [-0.2, -0.15) is 0 Å². The van der Waals surface area contributed by atoms with Crippen molar-refractivity contribution < 1.29 is 9.53 Å². The van der Waals surface area contributed by atoms with Gasteiger partial charge >= 0.3 is 5.97 Å². The highest BCUT2D eigenvalue weighted by Gasteiger charge is 1.93. The molecule has 0 amide bonds. The fourth-order valence-corrected chi connectivity index (χ4v) is 0.753. The lowest BCUT2D eigenvalue weighted by atomic mass is 10.3. The molecule has 0 aliphatic carbocycles. The number of carbonyl (C=O) groups excluding carboxylic acids is 1. The van der Waals surface area contributed by atoms with Gasteiger partial charge in [-0.15, -0.1) is 0 Å². The van der Waals surface area contributed by atoms with Crippen LogP contribution in [0.15, 0.2) is 36.0 Å². The first-order chi connectivity index (χ1) is 8.16. The number of carbonyl (C=O) groups is 1. The average Bonchev–Trinajstić information content (AvgIpc) is 2.26. The van der Waals surface area contributed by atoms with Crippen LogP contribution in [0.1, 0.15) is 20.8 Å². The third-order valence-electron chi connectivity index (χ3n) is 1.39. The zero-order chi connectivity index (χ0) is 12.9. The largest absolute Gasteiger partial charge is 0.458 e. The molecule has 17 heavy (non-hydrogen) atoms. The van der Waals surface area contributed by atoms with Crippen LogP contribution in [0.2, 0.25) is 0 Å². The quantitative estimate of drug-likeness (QED) is 0.421. The van der Waals surface area contributed by atoms with Gasteiger partial charge in [0.05, 0.1) is 0 Å². The molecule has 0 aromatic carbocycles. The zero-order valence-electron chi connectivity index (χ0n) is 10.4. The molecule has 0 aliphatic heterocycles. The maximum Gasteiger partial charge on any atom is 0.330 e. The van der Waals surface area contributed by atoms with Crippen molar-refractivity contribution in [3.63, 3.8) is 0 Å². The number of allylic oxidation sites excluding steroid dienone is 4. The van der Waals surface area contributed by atoms with E-state index in [4.69, 9.17) is 4.74 Å². The first-order valence-electron chi connectivity index (χ1n) is 5.25. The summed E-state index contributed by atoms with van der Waals surface area (Å²) in [5.74, 6) is 10.4. The summed E-state index contributed by atoms with van der Waals surface area (Å²) < 4.78 is 4.88. The second-order valence-corrected chi connectivity index (χ2v) is 3.29. The smallest absolute Gasteiger partial charge is 0.330 e. The van der Waals surface area contributed by atoms with Gasteiger partial charge in [-0.1, -0.05) is 23.5 Å². The molecular formula is C15H16O2. The third-order valence-corrected chi connectivity index (χ3v) is 1.39. The van der Waals surface area contributed by atoms with E-state index in [2.05, 4.69) is 23.7 Å². The zero-order valence-corrected chi connectivity index (χ0v) is 10.4. The van der Waals surface area contributed by atoms with Crippen molar-refractivity contribution in [2.75, 3.05) is 6.61 Å². The van der Waals surface area contributed by atoms with Crippen LogP contribution in [0.25, 0.3) is 0 Å². The summed E-state index contributed by atoms with van der Waals surface area (Å²) in [6, 6.07) is 0. The number of hydrogen-bond donors (Lipinski definition) is 0. The standard InChI is InChI=1S/C15H16O2/c1-4-5-6-7-8-9-10-11-12-17-15(16)13-14(2)3/h4-5,10-11,13H,12H2,1-3H3/b5-4+,11-10+. The fraction of sp³-hybridized carbons (Fsp3) is 0.267. The molecule has 2 heteroatoms. The topological polar surface area (TPSA) is 26.3 Å². The first-order valence-corrected chi connectivity index (χ1v) is 5.25. The summed E-state index contributed by atoms with van der Waals surface area (Å²) in [7, 11) is 0. The highest BCUT2D eigenvalue weighted by atomic mass is 16.5. The van der Waals surface area contributed by atoms with E-state index in [1.165, 1.54) is 6.08 Å². The summed E-state index contributed by atoms with van der Waals surface area (Å²) >= 11 is 0. The van der Waals surface area contributed by atoms with E-state index in [0.717, 1.165) is 5.57 Å². The summed E-state index contributed by atoms with van der Waals surface area (Å²) in [5.41, 5.74) is 0.915. The second-order valence-electron chi connectivity index (χ2n) is 3.29. The average molecular weight is 228 g/mol. The minimum atomic E-state index is -0.338. The maximum absolute atomic E-state index is 11.1. The van der Waals surface area contributed by atoms with Crippen molar-refractivity contribution >= 4 is 5.97 Å². The highest BCUT2D eigenvalue weighted by molar-refractivity contribution is 5.82. The minimum Gasteiger partial charge on any atom is -0.458 e.